The summed E-state index contributed by atoms with van der Waals surface area (Å²) in [6, 6.07) is 0. The van der Waals surface area contributed by atoms with Gasteiger partial charge in [-0.3, -0.25) is 0 Å². The van der Waals surface area contributed by atoms with Crippen molar-refractivity contribution in [3.05, 3.63) is 18.1 Å². The average Bonchev–Trinajstić information content (AvgIpc) is 2.35. The molecule has 0 amide bonds. The van der Waals surface area contributed by atoms with Gasteiger partial charge in [0.1, 0.15) is 11.5 Å². The van der Waals surface area contributed by atoms with Crippen LogP contribution in [0.25, 0.3) is 5.70 Å². The van der Waals surface area contributed by atoms with E-state index in [1.165, 1.54) is 0 Å². The van der Waals surface area contributed by atoms with Gasteiger partial charge in [-0.1, -0.05) is 0 Å². The van der Waals surface area contributed by atoms with Crippen LogP contribution in [0.2, 0.25) is 0 Å². The smallest absolute Gasteiger partial charge is 0.135 e. The number of nitrogens with zero attached hydrogens (tertiary/aromatic N) is 2. The summed E-state index contributed by atoms with van der Waals surface area (Å²) in [6.45, 7) is 0.790. The quantitative estimate of drug-likeness (QED) is 0.553. The summed E-state index contributed by atoms with van der Waals surface area (Å²) < 4.78 is 1.93. The normalized spacial score (nSPS) is 15.2. The Bertz CT molecular complexity index is 310. The molecule has 3 N–H and O–H groups in total. The van der Waals surface area contributed by atoms with E-state index in [2.05, 4.69) is 10.3 Å². The molecule has 2 rings (SSSR count). The second-order valence-electron chi connectivity index (χ2n) is 2.59. The van der Waals surface area contributed by atoms with Gasteiger partial charge in [0.25, 0.3) is 0 Å². The van der Waals surface area contributed by atoms with Crippen molar-refractivity contribution >= 4 is 11.5 Å². The summed E-state index contributed by atoms with van der Waals surface area (Å²) >= 11 is 0. The van der Waals surface area contributed by atoms with Crippen molar-refractivity contribution in [3.63, 3.8) is 0 Å². The molecule has 0 aromatic carbocycles. The largest absolute Gasteiger partial charge is 0.397 e. The van der Waals surface area contributed by atoms with E-state index in [1.54, 1.807) is 6.33 Å². The summed E-state index contributed by atoms with van der Waals surface area (Å²) in [5.41, 5.74) is 7.33. The first-order chi connectivity index (χ1) is 5.29. The highest BCUT2D eigenvalue weighted by Gasteiger charge is 2.13. The maximum Gasteiger partial charge on any atom is 0.135 e. The molecule has 1 aliphatic rings. The maximum absolute atomic E-state index is 5.70. The lowest BCUT2D eigenvalue weighted by atomic mass is 10.2. The van der Waals surface area contributed by atoms with E-state index in [9.17, 15) is 0 Å². The highest BCUT2D eigenvalue weighted by molar-refractivity contribution is 5.72. The minimum absolute atomic E-state index is 0.763. The van der Waals surface area contributed by atoms with Crippen LogP contribution in [0.3, 0.4) is 0 Å². The topological polar surface area (TPSA) is 55.9 Å². The van der Waals surface area contributed by atoms with Crippen LogP contribution in [-0.2, 0) is 7.05 Å². The summed E-state index contributed by atoms with van der Waals surface area (Å²) in [7, 11) is 1.94. The molecule has 0 atom stereocenters. The van der Waals surface area contributed by atoms with Gasteiger partial charge in [-0.05, 0) is 6.08 Å². The third-order valence-electron chi connectivity index (χ3n) is 1.80. The molecule has 0 fully saturated rings. The third-order valence-corrected chi connectivity index (χ3v) is 1.80. The van der Waals surface area contributed by atoms with Crippen molar-refractivity contribution in [3.8, 4) is 0 Å². The second-order valence-corrected chi connectivity index (χ2v) is 2.59. The predicted octanol–water partition coefficient (Wildman–Crippen LogP) is 0.145. The first-order valence-electron chi connectivity index (χ1n) is 3.50. The zero-order valence-corrected chi connectivity index (χ0v) is 6.33. The minimum Gasteiger partial charge on any atom is -0.397 e. The lowest BCUT2D eigenvalue weighted by molar-refractivity contribution is 0.912. The highest BCUT2D eigenvalue weighted by Crippen LogP contribution is 2.21. The Hall–Kier alpha value is -1.45. The molecule has 0 unspecified atom stereocenters. The molecule has 1 aromatic rings. The molecule has 0 bridgehead atoms. The van der Waals surface area contributed by atoms with Crippen LogP contribution in [0.4, 0.5) is 5.82 Å². The zero-order valence-electron chi connectivity index (χ0n) is 6.33. The molecule has 0 saturated carbocycles. The van der Waals surface area contributed by atoms with Crippen molar-refractivity contribution in [1.82, 2.24) is 9.55 Å². The fraction of sp³-hybridized carbons (Fsp3) is 0.286. The standard InChI is InChI=1S/C7H10N4/c1-11-4-10-6-5(8)2-3-9-7(6)11/h2,4,9H,3,8H2,1H3. The number of fused-ring (bicyclic) bond motifs is 1. The van der Waals surface area contributed by atoms with E-state index in [1.807, 2.05) is 17.7 Å². The van der Waals surface area contributed by atoms with Crippen LogP contribution in [0.1, 0.15) is 5.69 Å². The predicted molar refractivity (Wildman–Crippen MR) is 43.9 cm³/mol. The van der Waals surface area contributed by atoms with E-state index >= 15 is 0 Å². The van der Waals surface area contributed by atoms with Gasteiger partial charge >= 0.3 is 0 Å². The SMILES string of the molecule is Cn1cnc2c1NCC=C2N. The molecule has 1 aliphatic heterocycles. The number of imidazole rings is 1. The Labute approximate surface area is 64.7 Å². The number of rotatable bonds is 0. The molecule has 1 aromatic heterocycles. The summed E-state index contributed by atoms with van der Waals surface area (Å²) in [5, 5.41) is 3.19. The Morgan fingerprint density at radius 2 is 2.55 bits per heavy atom. The van der Waals surface area contributed by atoms with E-state index in [4.69, 9.17) is 5.73 Å². The Morgan fingerprint density at radius 3 is 3.27 bits per heavy atom. The number of aromatic nitrogens is 2. The molecule has 0 saturated heterocycles. The molecular weight excluding hydrogens is 140 g/mol. The molecule has 11 heavy (non-hydrogen) atoms. The van der Waals surface area contributed by atoms with Gasteiger partial charge < -0.3 is 15.6 Å². The first kappa shape index (κ1) is 6.27. The van der Waals surface area contributed by atoms with Crippen molar-refractivity contribution in [1.29, 1.82) is 0 Å². The first-order valence-corrected chi connectivity index (χ1v) is 3.50. The molecule has 0 spiro atoms. The number of aryl methyl sites for hydroxylation is 1. The van der Waals surface area contributed by atoms with E-state index in [-0.39, 0.29) is 0 Å². The van der Waals surface area contributed by atoms with Crippen LogP contribution in [0.15, 0.2) is 12.4 Å². The summed E-state index contributed by atoms with van der Waals surface area (Å²) in [6.07, 6.45) is 3.68. The van der Waals surface area contributed by atoms with Crippen LogP contribution in [0, 0.1) is 0 Å². The maximum atomic E-state index is 5.70. The van der Waals surface area contributed by atoms with Gasteiger partial charge in [-0.2, -0.15) is 0 Å². The van der Waals surface area contributed by atoms with Crippen LogP contribution < -0.4 is 11.1 Å². The lowest BCUT2D eigenvalue weighted by Crippen LogP contribution is -2.13. The van der Waals surface area contributed by atoms with E-state index in [0.717, 1.165) is 23.8 Å². The van der Waals surface area contributed by atoms with Gasteiger partial charge in [-0.15, -0.1) is 0 Å². The molecule has 2 heterocycles. The Morgan fingerprint density at radius 1 is 1.73 bits per heavy atom. The third kappa shape index (κ3) is 0.790. The fourth-order valence-electron chi connectivity index (χ4n) is 1.20. The minimum atomic E-state index is 0.763. The molecule has 0 radical (unpaired) electrons. The number of nitrogens with one attached hydrogen (secondary N) is 1. The summed E-state index contributed by atoms with van der Waals surface area (Å²) in [4.78, 5) is 4.14. The van der Waals surface area contributed by atoms with Gasteiger partial charge in [0.2, 0.25) is 0 Å². The average molecular weight is 150 g/mol. The van der Waals surface area contributed by atoms with Crippen LogP contribution in [-0.4, -0.2) is 16.1 Å². The number of nitrogens with two attached hydrogens (primary N) is 1. The van der Waals surface area contributed by atoms with Crippen molar-refractivity contribution in [2.45, 2.75) is 0 Å². The summed E-state index contributed by atoms with van der Waals surface area (Å²) in [5.74, 6) is 1.00. The van der Waals surface area contributed by atoms with Gasteiger partial charge in [0.05, 0.1) is 12.0 Å². The van der Waals surface area contributed by atoms with Gasteiger partial charge in [-0.25, -0.2) is 4.98 Å². The highest BCUT2D eigenvalue weighted by atomic mass is 15.2. The van der Waals surface area contributed by atoms with Crippen LogP contribution in [0.5, 0.6) is 0 Å². The fourth-order valence-corrected chi connectivity index (χ4v) is 1.20. The van der Waals surface area contributed by atoms with Crippen molar-refractivity contribution < 1.29 is 0 Å². The monoisotopic (exact) mass is 150 g/mol. The molecule has 0 aliphatic carbocycles. The van der Waals surface area contributed by atoms with Gasteiger partial charge in [0.15, 0.2) is 0 Å². The molecule has 4 nitrogen and oxygen atoms in total. The van der Waals surface area contributed by atoms with Crippen molar-refractivity contribution in [2.24, 2.45) is 12.8 Å². The van der Waals surface area contributed by atoms with E-state index in [0.29, 0.717) is 0 Å². The molecule has 4 heteroatoms. The molecule has 58 valence electrons. The van der Waals surface area contributed by atoms with Gasteiger partial charge in [0, 0.05) is 13.6 Å². The zero-order chi connectivity index (χ0) is 7.84. The van der Waals surface area contributed by atoms with Crippen LogP contribution >= 0.6 is 0 Å². The number of anilines is 1. The Balaban J connectivity index is 2.58. The van der Waals surface area contributed by atoms with Crippen molar-refractivity contribution in [2.75, 3.05) is 11.9 Å². The lowest BCUT2D eigenvalue weighted by Gasteiger charge is -2.12. The molecular formula is C7H10N4. The Kier molecular flexibility index (Phi) is 1.15. The number of hydrogen-bond donors (Lipinski definition) is 2. The number of hydrogen-bond acceptors (Lipinski definition) is 3. The van der Waals surface area contributed by atoms with E-state index < -0.39 is 0 Å². The second kappa shape index (κ2) is 2.02.